The Morgan fingerprint density at radius 3 is 2.53 bits per heavy atom. The first kappa shape index (κ1) is 11.9. The molecule has 2 aromatic heterocycles. The lowest BCUT2D eigenvalue weighted by Gasteiger charge is -2.05. The molecule has 5 nitrogen and oxygen atoms in total. The summed E-state index contributed by atoms with van der Waals surface area (Å²) in [4.78, 5) is 24.3. The maximum Gasteiger partial charge on any atom is 0.268 e. The van der Waals surface area contributed by atoms with Gasteiger partial charge in [0.25, 0.3) is 5.56 Å². The predicted octanol–water partition coefficient (Wildman–Crippen LogP) is 1.46. The van der Waals surface area contributed by atoms with Gasteiger partial charge in [-0.15, -0.1) is 0 Å². The Balaban J connectivity index is 2.34. The number of aromatic nitrogens is 4. The highest BCUT2D eigenvalue weighted by molar-refractivity contribution is 9.10. The van der Waals surface area contributed by atoms with Crippen LogP contribution in [-0.4, -0.2) is 19.5 Å². The second kappa shape index (κ2) is 4.75. The van der Waals surface area contributed by atoms with Gasteiger partial charge in [0.2, 0.25) is 0 Å². The van der Waals surface area contributed by atoms with Crippen LogP contribution in [-0.2, 0) is 6.54 Å². The molecule has 88 valence electrons. The van der Waals surface area contributed by atoms with Gasteiger partial charge in [0, 0.05) is 12.4 Å². The summed E-state index contributed by atoms with van der Waals surface area (Å²) in [6.45, 7) is 4.02. The topological polar surface area (TPSA) is 60.7 Å². The Hall–Kier alpha value is -1.56. The third kappa shape index (κ3) is 2.58. The molecule has 17 heavy (non-hydrogen) atoms. The molecule has 0 aliphatic carbocycles. The van der Waals surface area contributed by atoms with Gasteiger partial charge in [-0.3, -0.25) is 9.36 Å². The van der Waals surface area contributed by atoms with E-state index in [0.717, 1.165) is 5.56 Å². The zero-order valence-corrected chi connectivity index (χ0v) is 11.1. The number of halogens is 1. The van der Waals surface area contributed by atoms with Gasteiger partial charge in [0.1, 0.15) is 10.3 Å². The quantitative estimate of drug-likeness (QED) is 0.841. The van der Waals surface area contributed by atoms with Crippen molar-refractivity contribution < 1.29 is 0 Å². The standard InChI is InChI=1S/C11H11BrN4O/c1-7-3-13-9(14-4-7)5-16-6-15-8(2)10(12)11(16)17/h3-4,6H,5H2,1-2H3. The molecule has 0 spiro atoms. The third-order valence-electron chi connectivity index (χ3n) is 2.30. The van der Waals surface area contributed by atoms with Gasteiger partial charge in [-0.2, -0.15) is 0 Å². The summed E-state index contributed by atoms with van der Waals surface area (Å²) in [5.74, 6) is 0.593. The van der Waals surface area contributed by atoms with E-state index in [9.17, 15) is 4.79 Å². The van der Waals surface area contributed by atoms with E-state index in [4.69, 9.17) is 0 Å². The lowest BCUT2D eigenvalue weighted by atomic mass is 10.4. The summed E-state index contributed by atoms with van der Waals surface area (Å²) in [5, 5.41) is 0. The van der Waals surface area contributed by atoms with Crippen LogP contribution in [0.4, 0.5) is 0 Å². The van der Waals surface area contributed by atoms with Gasteiger partial charge in [-0.05, 0) is 35.3 Å². The van der Waals surface area contributed by atoms with Crippen molar-refractivity contribution in [3.63, 3.8) is 0 Å². The summed E-state index contributed by atoms with van der Waals surface area (Å²) in [6.07, 6.45) is 4.96. The normalized spacial score (nSPS) is 10.5. The van der Waals surface area contributed by atoms with Crippen molar-refractivity contribution in [2.75, 3.05) is 0 Å². The first-order chi connectivity index (χ1) is 8.08. The second-order valence-electron chi connectivity index (χ2n) is 3.75. The Morgan fingerprint density at radius 1 is 1.24 bits per heavy atom. The highest BCUT2D eigenvalue weighted by Gasteiger charge is 2.06. The molecular formula is C11H11BrN4O. The lowest BCUT2D eigenvalue weighted by molar-refractivity contribution is 0.687. The fourth-order valence-electron chi connectivity index (χ4n) is 1.31. The van der Waals surface area contributed by atoms with Crippen molar-refractivity contribution in [2.24, 2.45) is 0 Å². The average molecular weight is 295 g/mol. The van der Waals surface area contributed by atoms with Gasteiger partial charge in [-0.1, -0.05) is 0 Å². The summed E-state index contributed by atoms with van der Waals surface area (Å²) < 4.78 is 1.95. The van der Waals surface area contributed by atoms with E-state index in [2.05, 4.69) is 30.9 Å². The van der Waals surface area contributed by atoms with Crippen LogP contribution >= 0.6 is 15.9 Å². The molecule has 0 N–H and O–H groups in total. The maximum atomic E-state index is 11.9. The van der Waals surface area contributed by atoms with E-state index in [1.165, 1.54) is 10.9 Å². The van der Waals surface area contributed by atoms with E-state index in [0.29, 0.717) is 22.5 Å². The molecular weight excluding hydrogens is 284 g/mol. The van der Waals surface area contributed by atoms with Crippen molar-refractivity contribution in [1.29, 1.82) is 0 Å². The molecule has 2 aromatic rings. The monoisotopic (exact) mass is 294 g/mol. The van der Waals surface area contributed by atoms with Crippen LogP contribution in [0.1, 0.15) is 17.1 Å². The lowest BCUT2D eigenvalue weighted by Crippen LogP contribution is -2.23. The fourth-order valence-corrected chi connectivity index (χ4v) is 1.64. The van der Waals surface area contributed by atoms with E-state index in [-0.39, 0.29) is 5.56 Å². The molecule has 0 unspecified atom stereocenters. The van der Waals surface area contributed by atoms with Crippen LogP contribution in [0, 0.1) is 13.8 Å². The van der Waals surface area contributed by atoms with Crippen LogP contribution in [0.2, 0.25) is 0 Å². The van der Waals surface area contributed by atoms with Crippen LogP contribution in [0.3, 0.4) is 0 Å². The fraction of sp³-hybridized carbons (Fsp3) is 0.273. The van der Waals surface area contributed by atoms with Crippen LogP contribution in [0.25, 0.3) is 0 Å². The average Bonchev–Trinajstić information content (AvgIpc) is 2.33. The zero-order chi connectivity index (χ0) is 12.4. The Kier molecular flexibility index (Phi) is 3.33. The molecule has 0 saturated carbocycles. The SMILES string of the molecule is Cc1cnc(Cn2cnc(C)c(Br)c2=O)nc1. The molecule has 0 bridgehead atoms. The van der Waals surface area contributed by atoms with Crippen LogP contribution < -0.4 is 5.56 Å². The van der Waals surface area contributed by atoms with Gasteiger partial charge in [0.15, 0.2) is 0 Å². The Morgan fingerprint density at radius 2 is 1.88 bits per heavy atom. The van der Waals surface area contributed by atoms with Gasteiger partial charge in [0.05, 0.1) is 18.6 Å². The van der Waals surface area contributed by atoms with E-state index < -0.39 is 0 Å². The highest BCUT2D eigenvalue weighted by Crippen LogP contribution is 2.06. The van der Waals surface area contributed by atoms with Crippen LogP contribution in [0.15, 0.2) is 28.0 Å². The first-order valence-electron chi connectivity index (χ1n) is 5.07. The number of rotatable bonds is 2. The van der Waals surface area contributed by atoms with Crippen molar-refractivity contribution in [3.05, 3.63) is 50.6 Å². The number of nitrogens with zero attached hydrogens (tertiary/aromatic N) is 4. The van der Waals surface area contributed by atoms with Gasteiger partial charge in [-0.25, -0.2) is 15.0 Å². The second-order valence-corrected chi connectivity index (χ2v) is 4.55. The van der Waals surface area contributed by atoms with Crippen molar-refractivity contribution in [3.8, 4) is 0 Å². The molecule has 0 amide bonds. The van der Waals surface area contributed by atoms with Gasteiger partial charge >= 0.3 is 0 Å². The number of hydrogen-bond acceptors (Lipinski definition) is 4. The Bertz CT molecular complexity index is 591. The largest absolute Gasteiger partial charge is 0.291 e. The smallest absolute Gasteiger partial charge is 0.268 e. The summed E-state index contributed by atoms with van der Waals surface area (Å²) >= 11 is 3.22. The van der Waals surface area contributed by atoms with E-state index in [1.807, 2.05) is 6.92 Å². The molecule has 2 rings (SSSR count). The summed E-state index contributed by atoms with van der Waals surface area (Å²) in [6, 6.07) is 0. The Labute approximate surface area is 107 Å². The molecule has 6 heteroatoms. The molecule has 0 fully saturated rings. The van der Waals surface area contributed by atoms with Crippen molar-refractivity contribution in [2.45, 2.75) is 20.4 Å². The highest BCUT2D eigenvalue weighted by atomic mass is 79.9. The molecule has 0 saturated heterocycles. The molecule has 0 radical (unpaired) electrons. The maximum absolute atomic E-state index is 11.9. The van der Waals surface area contributed by atoms with Gasteiger partial charge < -0.3 is 0 Å². The van der Waals surface area contributed by atoms with Crippen molar-refractivity contribution >= 4 is 15.9 Å². The summed E-state index contributed by atoms with van der Waals surface area (Å²) in [7, 11) is 0. The summed E-state index contributed by atoms with van der Waals surface area (Å²) in [5.41, 5.74) is 1.54. The predicted molar refractivity (Wildman–Crippen MR) is 66.8 cm³/mol. The third-order valence-corrected chi connectivity index (χ3v) is 3.22. The minimum atomic E-state index is -0.123. The van der Waals surface area contributed by atoms with Crippen LogP contribution in [0.5, 0.6) is 0 Å². The number of hydrogen-bond donors (Lipinski definition) is 0. The molecule has 0 atom stereocenters. The minimum Gasteiger partial charge on any atom is -0.291 e. The molecule has 0 aliphatic rings. The minimum absolute atomic E-state index is 0.123. The zero-order valence-electron chi connectivity index (χ0n) is 9.51. The molecule has 2 heterocycles. The first-order valence-corrected chi connectivity index (χ1v) is 5.86. The molecule has 0 aliphatic heterocycles. The number of aryl methyl sites for hydroxylation is 2. The van der Waals surface area contributed by atoms with E-state index in [1.54, 1.807) is 19.3 Å². The molecule has 0 aromatic carbocycles. The van der Waals surface area contributed by atoms with E-state index >= 15 is 0 Å². The van der Waals surface area contributed by atoms with Crippen molar-refractivity contribution in [1.82, 2.24) is 19.5 Å².